The van der Waals surface area contributed by atoms with Gasteiger partial charge in [0.2, 0.25) is 0 Å². The number of amides is 1. The van der Waals surface area contributed by atoms with Crippen LogP contribution in [0.25, 0.3) is 0 Å². The topological polar surface area (TPSA) is 93.9 Å². The van der Waals surface area contributed by atoms with Crippen molar-refractivity contribution in [1.82, 2.24) is 5.32 Å². The summed E-state index contributed by atoms with van der Waals surface area (Å²) in [6, 6.07) is 12.3. The molecule has 0 aromatic heterocycles. The van der Waals surface area contributed by atoms with Crippen LogP contribution < -0.4 is 15.0 Å². The zero-order chi connectivity index (χ0) is 22.1. The van der Waals surface area contributed by atoms with Crippen molar-refractivity contribution in [3.63, 3.8) is 0 Å². The lowest BCUT2D eigenvalue weighted by Gasteiger charge is -2.30. The summed E-state index contributed by atoms with van der Waals surface area (Å²) in [6.07, 6.45) is 2.77. The molecule has 8 heteroatoms. The fraction of sp³-hybridized carbons (Fsp3) is 0.435. The molecule has 1 N–H and O–H groups in total. The van der Waals surface area contributed by atoms with Crippen LogP contribution in [-0.4, -0.2) is 50.3 Å². The van der Waals surface area contributed by atoms with Gasteiger partial charge in [-0.3, -0.25) is 14.9 Å². The average molecular weight is 428 g/mol. The molecule has 0 atom stereocenters. The number of ether oxygens (including phenoxy) is 2. The number of nitrogens with zero attached hydrogens (tertiary/aromatic N) is 2. The van der Waals surface area contributed by atoms with Gasteiger partial charge in [-0.2, -0.15) is 0 Å². The predicted octanol–water partition coefficient (Wildman–Crippen LogP) is 3.58. The van der Waals surface area contributed by atoms with Crippen molar-refractivity contribution in [3.8, 4) is 5.75 Å². The summed E-state index contributed by atoms with van der Waals surface area (Å²) in [5.74, 6) is 0.526. The Labute approximate surface area is 182 Å². The number of benzene rings is 2. The second-order valence-electron chi connectivity index (χ2n) is 7.41. The third-order valence-corrected chi connectivity index (χ3v) is 5.18. The molecule has 1 amide bonds. The molecule has 31 heavy (non-hydrogen) atoms. The van der Waals surface area contributed by atoms with E-state index in [-0.39, 0.29) is 11.6 Å². The molecule has 2 aromatic carbocycles. The molecule has 0 aliphatic carbocycles. The number of nitro benzene ring substituents is 1. The zero-order valence-corrected chi connectivity index (χ0v) is 17.8. The van der Waals surface area contributed by atoms with Crippen LogP contribution in [0.3, 0.4) is 0 Å². The van der Waals surface area contributed by atoms with Gasteiger partial charge in [-0.1, -0.05) is 25.5 Å². The normalized spacial score (nSPS) is 13.6. The van der Waals surface area contributed by atoms with Gasteiger partial charge >= 0.3 is 0 Å². The molecule has 0 bridgehead atoms. The molecule has 1 saturated heterocycles. The predicted molar refractivity (Wildman–Crippen MR) is 119 cm³/mol. The maximum absolute atomic E-state index is 12.9. The number of morpholine rings is 1. The lowest BCUT2D eigenvalue weighted by molar-refractivity contribution is -0.384. The third-order valence-electron chi connectivity index (χ3n) is 5.18. The average Bonchev–Trinajstić information content (AvgIpc) is 2.80. The number of nitrogens with one attached hydrogen (secondary N) is 1. The minimum absolute atomic E-state index is 0.0965. The van der Waals surface area contributed by atoms with E-state index in [1.807, 2.05) is 29.2 Å². The van der Waals surface area contributed by atoms with E-state index in [4.69, 9.17) is 9.47 Å². The van der Waals surface area contributed by atoms with E-state index in [1.54, 1.807) is 6.07 Å². The number of nitro groups is 1. The number of hydrogen-bond donors (Lipinski definition) is 1. The van der Waals surface area contributed by atoms with Gasteiger partial charge in [-0.25, -0.2) is 0 Å². The van der Waals surface area contributed by atoms with Gasteiger partial charge in [-0.15, -0.1) is 0 Å². The first kappa shape index (κ1) is 22.6. The molecule has 166 valence electrons. The standard InChI is InChI=1S/C23H29N3O5/c1-2-3-14-31-20-7-4-18(5-8-20)10-11-24-23(27)21-17-19(26(28)29)6-9-22(21)25-12-15-30-16-13-25/h4-9,17H,2-3,10-16H2,1H3,(H,24,27). The van der Waals surface area contributed by atoms with Crippen LogP contribution in [0.5, 0.6) is 5.75 Å². The highest BCUT2D eigenvalue weighted by Gasteiger charge is 2.21. The van der Waals surface area contributed by atoms with Crippen molar-refractivity contribution in [1.29, 1.82) is 0 Å². The van der Waals surface area contributed by atoms with E-state index in [0.717, 1.165) is 24.2 Å². The van der Waals surface area contributed by atoms with Crippen molar-refractivity contribution in [2.24, 2.45) is 0 Å². The molecule has 1 heterocycles. The van der Waals surface area contributed by atoms with Crippen molar-refractivity contribution >= 4 is 17.3 Å². The fourth-order valence-corrected chi connectivity index (χ4v) is 3.40. The van der Waals surface area contributed by atoms with E-state index in [9.17, 15) is 14.9 Å². The monoisotopic (exact) mass is 427 g/mol. The van der Waals surface area contributed by atoms with E-state index >= 15 is 0 Å². The molecule has 8 nitrogen and oxygen atoms in total. The Kier molecular flexibility index (Phi) is 8.23. The van der Waals surface area contributed by atoms with Gasteiger partial charge in [-0.05, 0) is 36.6 Å². The molecular formula is C23H29N3O5. The van der Waals surface area contributed by atoms with Gasteiger partial charge in [0.15, 0.2) is 0 Å². The van der Waals surface area contributed by atoms with Crippen LogP contribution in [0.4, 0.5) is 11.4 Å². The Hall–Kier alpha value is -3.13. The van der Waals surface area contributed by atoms with Crippen LogP contribution >= 0.6 is 0 Å². The number of non-ortho nitro benzene ring substituents is 1. The number of carbonyl (C=O) groups is 1. The Morgan fingerprint density at radius 2 is 1.94 bits per heavy atom. The molecule has 0 saturated carbocycles. The summed E-state index contributed by atoms with van der Waals surface area (Å²) in [5, 5.41) is 14.1. The maximum Gasteiger partial charge on any atom is 0.270 e. The Balaban J connectivity index is 1.61. The molecule has 1 fully saturated rings. The highest BCUT2D eigenvalue weighted by atomic mass is 16.6. The maximum atomic E-state index is 12.9. The number of anilines is 1. The summed E-state index contributed by atoms with van der Waals surface area (Å²) in [7, 11) is 0. The van der Waals surface area contributed by atoms with Gasteiger partial charge in [0, 0.05) is 31.8 Å². The summed E-state index contributed by atoms with van der Waals surface area (Å²) in [4.78, 5) is 25.6. The van der Waals surface area contributed by atoms with Crippen molar-refractivity contribution < 1.29 is 19.2 Å². The quantitative estimate of drug-likeness (QED) is 0.354. The van der Waals surface area contributed by atoms with Crippen molar-refractivity contribution in [2.45, 2.75) is 26.2 Å². The smallest absolute Gasteiger partial charge is 0.270 e. The van der Waals surface area contributed by atoms with E-state index in [0.29, 0.717) is 57.1 Å². The minimum Gasteiger partial charge on any atom is -0.494 e. The third kappa shape index (κ3) is 6.42. The highest BCUT2D eigenvalue weighted by Crippen LogP contribution is 2.26. The number of hydrogen-bond acceptors (Lipinski definition) is 6. The van der Waals surface area contributed by atoms with Crippen LogP contribution in [-0.2, 0) is 11.2 Å². The molecule has 0 radical (unpaired) electrons. The van der Waals surface area contributed by atoms with Crippen molar-refractivity contribution in [2.75, 3.05) is 44.4 Å². The first-order chi connectivity index (χ1) is 15.1. The number of unbranched alkanes of at least 4 members (excludes halogenated alkanes) is 1. The van der Waals surface area contributed by atoms with Crippen LogP contribution in [0.1, 0.15) is 35.7 Å². The van der Waals surface area contributed by atoms with Gasteiger partial charge < -0.3 is 19.7 Å². The minimum atomic E-state index is -0.482. The SMILES string of the molecule is CCCCOc1ccc(CCNC(=O)c2cc([N+](=O)[O-])ccc2N2CCOCC2)cc1. The first-order valence-corrected chi connectivity index (χ1v) is 10.7. The molecular weight excluding hydrogens is 398 g/mol. The summed E-state index contributed by atoms with van der Waals surface area (Å²) >= 11 is 0. The molecule has 0 unspecified atom stereocenters. The zero-order valence-electron chi connectivity index (χ0n) is 17.8. The second-order valence-corrected chi connectivity index (χ2v) is 7.41. The largest absolute Gasteiger partial charge is 0.494 e. The van der Waals surface area contributed by atoms with Gasteiger partial charge in [0.1, 0.15) is 5.75 Å². The van der Waals surface area contributed by atoms with Crippen LogP contribution in [0.15, 0.2) is 42.5 Å². The summed E-state index contributed by atoms with van der Waals surface area (Å²) < 4.78 is 11.0. The Morgan fingerprint density at radius 1 is 1.19 bits per heavy atom. The van der Waals surface area contributed by atoms with Crippen LogP contribution in [0, 0.1) is 10.1 Å². The summed E-state index contributed by atoms with van der Waals surface area (Å²) in [6.45, 7) is 5.68. The molecule has 1 aliphatic heterocycles. The van der Waals surface area contributed by atoms with E-state index in [1.165, 1.54) is 12.1 Å². The first-order valence-electron chi connectivity index (χ1n) is 10.7. The Morgan fingerprint density at radius 3 is 2.61 bits per heavy atom. The fourth-order valence-electron chi connectivity index (χ4n) is 3.40. The van der Waals surface area contributed by atoms with Gasteiger partial charge in [0.05, 0.1) is 36.0 Å². The van der Waals surface area contributed by atoms with Crippen LogP contribution in [0.2, 0.25) is 0 Å². The molecule has 3 rings (SSSR count). The highest BCUT2D eigenvalue weighted by molar-refractivity contribution is 6.00. The van der Waals surface area contributed by atoms with Gasteiger partial charge in [0.25, 0.3) is 11.6 Å². The molecule has 0 spiro atoms. The lowest BCUT2D eigenvalue weighted by Crippen LogP contribution is -2.38. The lowest BCUT2D eigenvalue weighted by atomic mass is 10.1. The van der Waals surface area contributed by atoms with E-state index in [2.05, 4.69) is 12.2 Å². The molecule has 1 aliphatic rings. The van der Waals surface area contributed by atoms with Crippen molar-refractivity contribution in [3.05, 3.63) is 63.7 Å². The Bertz CT molecular complexity index is 879. The number of carbonyl (C=O) groups excluding carboxylic acids is 1. The second kappa shape index (κ2) is 11.3. The summed E-state index contributed by atoms with van der Waals surface area (Å²) in [5.41, 5.74) is 1.99. The van der Waals surface area contributed by atoms with E-state index < -0.39 is 4.92 Å². The molecule has 2 aromatic rings. The number of rotatable bonds is 10.